The van der Waals surface area contributed by atoms with Gasteiger partial charge in [-0.25, -0.2) is 9.18 Å². The van der Waals surface area contributed by atoms with E-state index >= 15 is 0 Å². The van der Waals surface area contributed by atoms with Gasteiger partial charge in [0.05, 0.1) is 5.56 Å². The van der Waals surface area contributed by atoms with Crippen molar-refractivity contribution >= 4 is 5.97 Å². The number of carbonyl (C=O) groups is 1. The lowest BCUT2D eigenvalue weighted by atomic mass is 10.1. The Hall–Kier alpha value is -2.51. The van der Waals surface area contributed by atoms with Gasteiger partial charge in [0, 0.05) is 23.4 Å². The molecule has 86 valence electrons. The number of carboxylic acid groups (broad SMARTS) is 1. The van der Waals surface area contributed by atoms with E-state index in [1.807, 2.05) is 0 Å². The smallest absolute Gasteiger partial charge is 0.337 e. The molecule has 1 aromatic rings. The number of hydrogen-bond acceptors (Lipinski definition) is 2. The van der Waals surface area contributed by atoms with Crippen molar-refractivity contribution in [3.63, 3.8) is 0 Å². The van der Waals surface area contributed by atoms with Gasteiger partial charge >= 0.3 is 5.97 Å². The van der Waals surface area contributed by atoms with Crippen LogP contribution in [-0.2, 0) is 0 Å². The first-order valence-electron chi connectivity index (χ1n) is 4.67. The van der Waals surface area contributed by atoms with E-state index in [9.17, 15) is 9.18 Å². The third-order valence-electron chi connectivity index (χ3n) is 1.84. The molecule has 1 rings (SSSR count). The molecule has 0 atom stereocenters. The lowest BCUT2D eigenvalue weighted by molar-refractivity contribution is 0.0696. The molecule has 0 saturated carbocycles. The van der Waals surface area contributed by atoms with Crippen LogP contribution in [0.4, 0.5) is 4.39 Å². The van der Waals surface area contributed by atoms with Crippen LogP contribution >= 0.6 is 0 Å². The van der Waals surface area contributed by atoms with Crippen LogP contribution in [0, 0.1) is 17.7 Å². The Balaban J connectivity index is 2.90. The Morgan fingerprint density at radius 2 is 2.35 bits per heavy atom. The minimum Gasteiger partial charge on any atom is -0.478 e. The first-order chi connectivity index (χ1) is 8.15. The summed E-state index contributed by atoms with van der Waals surface area (Å²) in [6.07, 6.45) is 0.320. The summed E-state index contributed by atoms with van der Waals surface area (Å²) in [5, 5.41) is 12.1. The second-order valence-electron chi connectivity index (χ2n) is 3.00. The van der Waals surface area contributed by atoms with E-state index in [1.165, 1.54) is 6.07 Å². The van der Waals surface area contributed by atoms with Gasteiger partial charge in [-0.2, -0.15) is 0 Å². The fourth-order valence-electron chi connectivity index (χ4n) is 1.11. The monoisotopic (exact) mass is 233 g/mol. The summed E-state index contributed by atoms with van der Waals surface area (Å²) in [7, 11) is 0. The topological polar surface area (TPSA) is 86.1 Å². The van der Waals surface area contributed by atoms with Crippen LogP contribution in [0.1, 0.15) is 22.3 Å². The zero-order valence-corrected chi connectivity index (χ0v) is 8.72. The highest BCUT2D eigenvalue weighted by molar-refractivity contribution is 5.90. The lowest BCUT2D eigenvalue weighted by Gasteiger charge is -1.98. The van der Waals surface area contributed by atoms with Crippen LogP contribution < -0.4 is 0 Å². The molecule has 17 heavy (non-hydrogen) atoms. The van der Waals surface area contributed by atoms with Gasteiger partial charge in [-0.1, -0.05) is 17.0 Å². The predicted molar refractivity (Wildman–Crippen MR) is 58.9 cm³/mol. The molecule has 0 fully saturated rings. The molecule has 1 aromatic carbocycles. The number of aromatic carboxylic acids is 1. The second kappa shape index (κ2) is 6.16. The van der Waals surface area contributed by atoms with Gasteiger partial charge < -0.3 is 5.11 Å². The maximum absolute atomic E-state index is 12.8. The molecule has 0 radical (unpaired) electrons. The van der Waals surface area contributed by atoms with Crippen LogP contribution in [0.25, 0.3) is 10.4 Å². The van der Waals surface area contributed by atoms with Crippen LogP contribution in [-0.4, -0.2) is 17.6 Å². The highest BCUT2D eigenvalue weighted by atomic mass is 19.1. The van der Waals surface area contributed by atoms with Crippen molar-refractivity contribution in [2.24, 2.45) is 5.11 Å². The zero-order valence-electron chi connectivity index (χ0n) is 8.72. The Kier molecular flexibility index (Phi) is 4.55. The minimum atomic E-state index is -1.23. The third-order valence-corrected chi connectivity index (χ3v) is 1.84. The summed E-state index contributed by atoms with van der Waals surface area (Å²) in [5.74, 6) is 3.39. The van der Waals surface area contributed by atoms with Gasteiger partial charge in [0.25, 0.3) is 0 Å². The molecule has 0 heterocycles. The van der Waals surface area contributed by atoms with Crippen molar-refractivity contribution in [3.05, 3.63) is 45.6 Å². The van der Waals surface area contributed by atoms with Gasteiger partial charge in [-0.05, 0) is 23.7 Å². The Labute approximate surface area is 96.5 Å². The maximum atomic E-state index is 12.8. The summed E-state index contributed by atoms with van der Waals surface area (Å²) in [5.41, 5.74) is 8.08. The molecule has 0 aliphatic heterocycles. The van der Waals surface area contributed by atoms with Crippen LogP contribution in [0.3, 0.4) is 0 Å². The highest BCUT2D eigenvalue weighted by Crippen LogP contribution is 2.10. The second-order valence-corrected chi connectivity index (χ2v) is 3.00. The van der Waals surface area contributed by atoms with E-state index in [1.54, 1.807) is 0 Å². The number of rotatable bonds is 3. The van der Waals surface area contributed by atoms with E-state index in [0.29, 0.717) is 6.42 Å². The molecule has 0 amide bonds. The standard InChI is InChI=1S/C11H8FN3O2/c12-9-5-4-8(10(7-9)11(16)17)3-1-2-6-14-15-13/h4-5,7H,2,6H2,(H,16,17). The largest absolute Gasteiger partial charge is 0.478 e. The van der Waals surface area contributed by atoms with Crippen molar-refractivity contribution in [2.45, 2.75) is 6.42 Å². The van der Waals surface area contributed by atoms with Gasteiger partial charge in [-0.15, -0.1) is 0 Å². The molecule has 0 aromatic heterocycles. The van der Waals surface area contributed by atoms with E-state index in [4.69, 9.17) is 10.6 Å². The molecule has 0 saturated heterocycles. The fourth-order valence-corrected chi connectivity index (χ4v) is 1.11. The van der Waals surface area contributed by atoms with E-state index < -0.39 is 11.8 Å². The average Bonchev–Trinajstić information content (AvgIpc) is 2.30. The van der Waals surface area contributed by atoms with Gasteiger partial charge in [0.1, 0.15) is 5.82 Å². The molecule has 0 bridgehead atoms. The molecule has 1 N–H and O–H groups in total. The SMILES string of the molecule is [N-]=[N+]=NCCC#Cc1ccc(F)cc1C(=O)O. The average molecular weight is 233 g/mol. The predicted octanol–water partition coefficient (Wildman–Crippen LogP) is 2.58. The maximum Gasteiger partial charge on any atom is 0.337 e. The number of halogens is 1. The van der Waals surface area contributed by atoms with Gasteiger partial charge in [-0.3, -0.25) is 0 Å². The number of hydrogen-bond donors (Lipinski definition) is 1. The summed E-state index contributed by atoms with van der Waals surface area (Å²) >= 11 is 0. The summed E-state index contributed by atoms with van der Waals surface area (Å²) < 4.78 is 12.8. The molecule has 5 nitrogen and oxygen atoms in total. The molecule has 0 unspecified atom stereocenters. The van der Waals surface area contributed by atoms with Crippen LogP contribution in [0.2, 0.25) is 0 Å². The molecule has 0 aliphatic rings. The number of nitrogens with zero attached hydrogens (tertiary/aromatic N) is 3. The molecular weight excluding hydrogens is 225 g/mol. The van der Waals surface area contributed by atoms with Gasteiger partial charge in [0.15, 0.2) is 0 Å². The number of azide groups is 1. The van der Waals surface area contributed by atoms with Crippen molar-refractivity contribution in [1.82, 2.24) is 0 Å². The van der Waals surface area contributed by atoms with E-state index in [2.05, 4.69) is 21.9 Å². The number of benzene rings is 1. The third kappa shape index (κ3) is 3.86. The molecule has 0 aliphatic carbocycles. The van der Waals surface area contributed by atoms with Crippen LogP contribution in [0.15, 0.2) is 23.3 Å². The van der Waals surface area contributed by atoms with Crippen LogP contribution in [0.5, 0.6) is 0 Å². The van der Waals surface area contributed by atoms with E-state index in [0.717, 1.165) is 12.1 Å². The first kappa shape index (κ1) is 12.6. The summed E-state index contributed by atoms with van der Waals surface area (Å²) in [6, 6.07) is 3.36. The quantitative estimate of drug-likeness (QED) is 0.286. The summed E-state index contributed by atoms with van der Waals surface area (Å²) in [4.78, 5) is 13.4. The van der Waals surface area contributed by atoms with Crippen molar-refractivity contribution < 1.29 is 14.3 Å². The van der Waals surface area contributed by atoms with Crippen molar-refractivity contribution in [2.75, 3.05) is 6.54 Å². The zero-order chi connectivity index (χ0) is 12.7. The normalized spacial score (nSPS) is 8.76. The van der Waals surface area contributed by atoms with Crippen molar-refractivity contribution in [1.29, 1.82) is 0 Å². The molecular formula is C11H8FN3O2. The molecule has 6 heteroatoms. The fraction of sp³-hybridized carbons (Fsp3) is 0.182. The van der Waals surface area contributed by atoms with Crippen molar-refractivity contribution in [3.8, 4) is 11.8 Å². The summed E-state index contributed by atoms with van der Waals surface area (Å²) in [6.45, 7) is 0.215. The minimum absolute atomic E-state index is 0.179. The first-order valence-corrected chi connectivity index (χ1v) is 4.67. The highest BCUT2D eigenvalue weighted by Gasteiger charge is 2.09. The lowest BCUT2D eigenvalue weighted by Crippen LogP contribution is -2.00. The molecule has 0 spiro atoms. The van der Waals surface area contributed by atoms with E-state index in [-0.39, 0.29) is 17.7 Å². The Bertz CT molecular complexity index is 539. The van der Waals surface area contributed by atoms with Gasteiger partial charge in [0.2, 0.25) is 0 Å². The Morgan fingerprint density at radius 3 is 3.00 bits per heavy atom. The Morgan fingerprint density at radius 1 is 1.59 bits per heavy atom. The number of carboxylic acids is 1.